The molecule has 1 aromatic rings. The van der Waals surface area contributed by atoms with Gasteiger partial charge in [-0.05, 0) is 24.3 Å². The molecule has 0 amide bonds. The number of nitrogens with two attached hydrogens (primary N) is 1. The third kappa shape index (κ3) is 3.82. The molecule has 2 heteroatoms. The molecule has 0 saturated heterocycles. The van der Waals surface area contributed by atoms with E-state index in [1.165, 1.54) is 24.9 Å². The highest BCUT2D eigenvalue weighted by Gasteiger charge is 2.30. The first kappa shape index (κ1) is 13.6. The summed E-state index contributed by atoms with van der Waals surface area (Å²) in [5, 5.41) is 0. The summed E-state index contributed by atoms with van der Waals surface area (Å²) >= 11 is 0. The molecule has 18 heavy (non-hydrogen) atoms. The van der Waals surface area contributed by atoms with Crippen molar-refractivity contribution in [1.82, 2.24) is 4.90 Å². The number of benzene rings is 1. The summed E-state index contributed by atoms with van der Waals surface area (Å²) in [6.07, 6.45) is 2.75. The topological polar surface area (TPSA) is 29.3 Å². The van der Waals surface area contributed by atoms with E-state index in [9.17, 15) is 0 Å². The van der Waals surface area contributed by atoms with Gasteiger partial charge in [0.15, 0.2) is 0 Å². The van der Waals surface area contributed by atoms with E-state index in [-0.39, 0.29) is 0 Å². The highest BCUT2D eigenvalue weighted by molar-refractivity contribution is 5.20. The molecular weight excluding hydrogens is 220 g/mol. The molecule has 1 fully saturated rings. The standard InChI is InChI=1S/C16H26N2/c1-13(2)11-18(16-8-9-16)12-15(10-17)14-6-4-3-5-7-14/h3-7,13,15-16H,8-12,17H2,1-2H3. The van der Waals surface area contributed by atoms with E-state index in [4.69, 9.17) is 5.73 Å². The zero-order valence-corrected chi connectivity index (χ0v) is 11.7. The summed E-state index contributed by atoms with van der Waals surface area (Å²) in [4.78, 5) is 2.65. The smallest absolute Gasteiger partial charge is 0.00967 e. The van der Waals surface area contributed by atoms with Crippen LogP contribution in [0.25, 0.3) is 0 Å². The molecule has 0 heterocycles. The van der Waals surface area contributed by atoms with Gasteiger partial charge >= 0.3 is 0 Å². The minimum atomic E-state index is 0.477. The summed E-state index contributed by atoms with van der Waals surface area (Å²) < 4.78 is 0. The lowest BCUT2D eigenvalue weighted by Gasteiger charge is -2.28. The van der Waals surface area contributed by atoms with Gasteiger partial charge in [-0.15, -0.1) is 0 Å². The van der Waals surface area contributed by atoms with Crippen LogP contribution in [-0.2, 0) is 0 Å². The molecule has 1 aliphatic rings. The Hall–Kier alpha value is -0.860. The zero-order chi connectivity index (χ0) is 13.0. The van der Waals surface area contributed by atoms with Crippen molar-refractivity contribution in [2.45, 2.75) is 38.6 Å². The van der Waals surface area contributed by atoms with Gasteiger partial charge in [-0.3, -0.25) is 4.90 Å². The lowest BCUT2D eigenvalue weighted by Crippen LogP contribution is -2.36. The molecule has 1 atom stereocenters. The maximum absolute atomic E-state index is 5.98. The van der Waals surface area contributed by atoms with Crippen molar-refractivity contribution in [2.75, 3.05) is 19.6 Å². The van der Waals surface area contributed by atoms with Crippen LogP contribution in [0, 0.1) is 5.92 Å². The van der Waals surface area contributed by atoms with Gasteiger partial charge in [0.25, 0.3) is 0 Å². The molecule has 100 valence electrons. The fraction of sp³-hybridized carbons (Fsp3) is 0.625. The number of hydrogen-bond donors (Lipinski definition) is 1. The predicted octanol–water partition coefficient (Wildman–Crippen LogP) is 2.85. The van der Waals surface area contributed by atoms with E-state index < -0.39 is 0 Å². The number of nitrogens with zero attached hydrogens (tertiary/aromatic N) is 1. The van der Waals surface area contributed by atoms with Gasteiger partial charge < -0.3 is 5.73 Å². The van der Waals surface area contributed by atoms with Crippen LogP contribution in [0.15, 0.2) is 30.3 Å². The van der Waals surface area contributed by atoms with Crippen molar-refractivity contribution in [3.63, 3.8) is 0 Å². The second-order valence-electron chi connectivity index (χ2n) is 5.92. The van der Waals surface area contributed by atoms with Crippen molar-refractivity contribution in [2.24, 2.45) is 11.7 Å². The quantitative estimate of drug-likeness (QED) is 0.801. The van der Waals surface area contributed by atoms with Gasteiger partial charge in [-0.25, -0.2) is 0 Å². The van der Waals surface area contributed by atoms with Gasteiger partial charge in [0.2, 0.25) is 0 Å². The third-order valence-corrected chi connectivity index (χ3v) is 3.67. The van der Waals surface area contributed by atoms with Crippen LogP contribution in [-0.4, -0.2) is 30.6 Å². The second kappa shape index (κ2) is 6.35. The SMILES string of the molecule is CC(C)CN(CC(CN)c1ccccc1)C1CC1. The summed E-state index contributed by atoms with van der Waals surface area (Å²) in [6, 6.07) is 11.5. The number of hydrogen-bond acceptors (Lipinski definition) is 2. The highest BCUT2D eigenvalue weighted by Crippen LogP contribution is 2.29. The predicted molar refractivity (Wildman–Crippen MR) is 77.7 cm³/mol. The monoisotopic (exact) mass is 246 g/mol. The Morgan fingerprint density at radius 2 is 1.83 bits per heavy atom. The molecular formula is C16H26N2. The maximum atomic E-state index is 5.98. The molecule has 1 saturated carbocycles. The molecule has 0 spiro atoms. The van der Waals surface area contributed by atoms with Crippen LogP contribution >= 0.6 is 0 Å². The molecule has 2 rings (SSSR count). The van der Waals surface area contributed by atoms with E-state index in [0.717, 1.165) is 25.0 Å². The first-order chi connectivity index (χ1) is 8.70. The first-order valence-electron chi connectivity index (χ1n) is 7.19. The van der Waals surface area contributed by atoms with Crippen molar-refractivity contribution < 1.29 is 0 Å². The Morgan fingerprint density at radius 3 is 2.33 bits per heavy atom. The van der Waals surface area contributed by atoms with Gasteiger partial charge in [-0.1, -0.05) is 44.2 Å². The molecule has 0 radical (unpaired) electrons. The molecule has 2 nitrogen and oxygen atoms in total. The fourth-order valence-corrected chi connectivity index (χ4v) is 2.61. The van der Waals surface area contributed by atoms with Crippen molar-refractivity contribution >= 4 is 0 Å². The van der Waals surface area contributed by atoms with Crippen LogP contribution in [0.1, 0.15) is 38.2 Å². The average molecular weight is 246 g/mol. The van der Waals surface area contributed by atoms with Crippen LogP contribution < -0.4 is 5.73 Å². The van der Waals surface area contributed by atoms with E-state index in [1.807, 2.05) is 0 Å². The van der Waals surface area contributed by atoms with Crippen LogP contribution in [0.4, 0.5) is 0 Å². The average Bonchev–Trinajstić information content (AvgIpc) is 3.19. The molecule has 1 aliphatic carbocycles. The van der Waals surface area contributed by atoms with Crippen molar-refractivity contribution in [3.8, 4) is 0 Å². The lowest BCUT2D eigenvalue weighted by molar-refractivity contribution is 0.221. The molecule has 2 N–H and O–H groups in total. The van der Waals surface area contributed by atoms with E-state index in [2.05, 4.69) is 49.1 Å². The van der Waals surface area contributed by atoms with Crippen LogP contribution in [0.2, 0.25) is 0 Å². The minimum absolute atomic E-state index is 0.477. The molecule has 0 aliphatic heterocycles. The Morgan fingerprint density at radius 1 is 1.17 bits per heavy atom. The summed E-state index contributed by atoms with van der Waals surface area (Å²) in [6.45, 7) is 7.66. The highest BCUT2D eigenvalue weighted by atomic mass is 15.2. The zero-order valence-electron chi connectivity index (χ0n) is 11.7. The van der Waals surface area contributed by atoms with E-state index in [0.29, 0.717) is 5.92 Å². The first-order valence-corrected chi connectivity index (χ1v) is 7.19. The van der Waals surface area contributed by atoms with Crippen molar-refractivity contribution in [3.05, 3.63) is 35.9 Å². The molecule has 0 bridgehead atoms. The Kier molecular flexibility index (Phi) is 4.79. The van der Waals surface area contributed by atoms with Gasteiger partial charge in [0.1, 0.15) is 0 Å². The summed E-state index contributed by atoms with van der Waals surface area (Å²) in [7, 11) is 0. The van der Waals surface area contributed by atoms with Gasteiger partial charge in [0.05, 0.1) is 0 Å². The largest absolute Gasteiger partial charge is 0.330 e. The van der Waals surface area contributed by atoms with Crippen LogP contribution in [0.5, 0.6) is 0 Å². The maximum Gasteiger partial charge on any atom is 0.00967 e. The summed E-state index contributed by atoms with van der Waals surface area (Å²) in [5.74, 6) is 1.21. The minimum Gasteiger partial charge on any atom is -0.330 e. The van der Waals surface area contributed by atoms with Gasteiger partial charge in [0, 0.05) is 31.6 Å². The normalized spacial score (nSPS) is 17.4. The third-order valence-electron chi connectivity index (χ3n) is 3.67. The Balaban J connectivity index is 1.99. The second-order valence-corrected chi connectivity index (χ2v) is 5.92. The Labute approximate surface area is 111 Å². The molecule has 1 unspecified atom stereocenters. The molecule has 0 aromatic heterocycles. The summed E-state index contributed by atoms with van der Waals surface area (Å²) in [5.41, 5.74) is 7.36. The fourth-order valence-electron chi connectivity index (χ4n) is 2.61. The van der Waals surface area contributed by atoms with E-state index >= 15 is 0 Å². The van der Waals surface area contributed by atoms with Crippen molar-refractivity contribution in [1.29, 1.82) is 0 Å². The molecule has 1 aromatic carbocycles. The van der Waals surface area contributed by atoms with E-state index in [1.54, 1.807) is 0 Å². The Bertz CT molecular complexity index is 343. The lowest BCUT2D eigenvalue weighted by atomic mass is 9.98. The van der Waals surface area contributed by atoms with Crippen LogP contribution in [0.3, 0.4) is 0 Å². The number of rotatable bonds is 7. The van der Waals surface area contributed by atoms with Gasteiger partial charge in [-0.2, -0.15) is 0 Å².